The van der Waals surface area contributed by atoms with Gasteiger partial charge in [-0.2, -0.15) is 0 Å². The Morgan fingerprint density at radius 3 is 2.04 bits per heavy atom. The number of ketones is 1. The molecule has 1 aromatic carbocycles. The Hall–Kier alpha value is -1.22. The van der Waals surface area contributed by atoms with Crippen molar-refractivity contribution in [1.82, 2.24) is 0 Å². The number of benzene rings is 1. The molecule has 0 unspecified atom stereocenters. The van der Waals surface area contributed by atoms with E-state index in [-0.39, 0.29) is 16.6 Å². The highest BCUT2D eigenvalue weighted by atomic mass is 32.2. The minimum absolute atomic E-state index is 0.0920. The van der Waals surface area contributed by atoms with Gasteiger partial charge in [0.05, 0.1) is 10.7 Å². The highest BCUT2D eigenvalue weighted by Crippen LogP contribution is 2.49. The molecule has 0 aliphatic carbocycles. The van der Waals surface area contributed by atoms with Gasteiger partial charge in [0.15, 0.2) is 5.78 Å². The van der Waals surface area contributed by atoms with Gasteiger partial charge >= 0.3 is 0 Å². The van der Waals surface area contributed by atoms with E-state index in [1.807, 2.05) is 0 Å². The van der Waals surface area contributed by atoms with Gasteiger partial charge in [0.2, 0.25) is 0 Å². The smallest absolute Gasteiger partial charge is 0.155 e. The van der Waals surface area contributed by atoms with Crippen molar-refractivity contribution in [3.8, 4) is 0 Å². The first-order valence-electron chi connectivity index (χ1n) is 8.31. The van der Waals surface area contributed by atoms with Crippen LogP contribution in [0.3, 0.4) is 0 Å². The van der Waals surface area contributed by atoms with Crippen molar-refractivity contribution in [3.63, 3.8) is 0 Å². The number of hydrogen-bond donors (Lipinski definition) is 0. The summed E-state index contributed by atoms with van der Waals surface area (Å²) in [4.78, 5) is 15.1. The highest BCUT2D eigenvalue weighted by molar-refractivity contribution is 8.03. The fourth-order valence-electron chi connectivity index (χ4n) is 3.00. The second-order valence-corrected chi connectivity index (χ2v) is 9.37. The fourth-order valence-corrected chi connectivity index (χ4v) is 4.23. The molecule has 3 heteroatoms. The second kappa shape index (κ2) is 6.01. The van der Waals surface area contributed by atoms with Crippen molar-refractivity contribution in [2.75, 3.05) is 11.4 Å². The standard InChI is InChI=1S/C20H29NOS/c1-9-21-16-11-14(19(3,4)5)15(20(6,7)8)12-17(16)23-18(21)10-13(2)22/h10-12H,9H2,1-8H3/b18-10-. The zero-order valence-corrected chi connectivity index (χ0v) is 16.5. The summed E-state index contributed by atoms with van der Waals surface area (Å²) >= 11 is 1.71. The number of carbonyl (C=O) groups is 1. The third-order valence-electron chi connectivity index (χ3n) is 4.13. The van der Waals surface area contributed by atoms with E-state index in [4.69, 9.17) is 0 Å². The molecule has 0 amide bonds. The molecule has 0 N–H and O–H groups in total. The van der Waals surface area contributed by atoms with Gasteiger partial charge in [0.25, 0.3) is 0 Å². The van der Waals surface area contributed by atoms with E-state index >= 15 is 0 Å². The van der Waals surface area contributed by atoms with Crippen molar-refractivity contribution >= 4 is 23.2 Å². The van der Waals surface area contributed by atoms with Crippen molar-refractivity contribution < 1.29 is 4.79 Å². The molecule has 0 spiro atoms. The van der Waals surface area contributed by atoms with Crippen molar-refractivity contribution in [2.45, 2.75) is 71.1 Å². The van der Waals surface area contributed by atoms with Crippen molar-refractivity contribution in [2.24, 2.45) is 0 Å². The van der Waals surface area contributed by atoms with Crippen LogP contribution in [0, 0.1) is 0 Å². The van der Waals surface area contributed by atoms with Crippen LogP contribution < -0.4 is 4.90 Å². The zero-order chi connectivity index (χ0) is 17.6. The van der Waals surface area contributed by atoms with Crippen LogP contribution in [0.25, 0.3) is 0 Å². The highest BCUT2D eigenvalue weighted by Gasteiger charge is 2.31. The maximum absolute atomic E-state index is 11.5. The molecule has 0 bridgehead atoms. The lowest BCUT2D eigenvalue weighted by atomic mass is 9.75. The number of hydrogen-bond acceptors (Lipinski definition) is 3. The van der Waals surface area contributed by atoms with E-state index in [0.717, 1.165) is 11.6 Å². The Morgan fingerprint density at radius 1 is 1.09 bits per heavy atom. The van der Waals surface area contributed by atoms with E-state index in [1.165, 1.54) is 21.7 Å². The number of carbonyl (C=O) groups excluding carboxylic acids is 1. The van der Waals surface area contributed by atoms with Gasteiger partial charge in [-0.1, -0.05) is 53.3 Å². The summed E-state index contributed by atoms with van der Waals surface area (Å²) in [6.45, 7) is 18.3. The number of nitrogens with zero attached hydrogens (tertiary/aromatic N) is 1. The molecule has 1 aliphatic rings. The number of anilines is 1. The normalized spacial score (nSPS) is 16.9. The van der Waals surface area contributed by atoms with E-state index in [1.54, 1.807) is 24.8 Å². The Kier molecular flexibility index (Phi) is 4.74. The molecule has 0 aromatic heterocycles. The monoisotopic (exact) mass is 331 g/mol. The summed E-state index contributed by atoms with van der Waals surface area (Å²) in [5.74, 6) is 0.103. The first kappa shape index (κ1) is 18.1. The first-order chi connectivity index (χ1) is 10.4. The Labute approximate surface area is 145 Å². The maximum Gasteiger partial charge on any atom is 0.155 e. The molecule has 2 rings (SSSR count). The van der Waals surface area contributed by atoms with Gasteiger partial charge in [0, 0.05) is 17.5 Å². The molecule has 2 nitrogen and oxygen atoms in total. The van der Waals surface area contributed by atoms with E-state index < -0.39 is 0 Å². The topological polar surface area (TPSA) is 20.3 Å². The van der Waals surface area contributed by atoms with Gasteiger partial charge in [-0.25, -0.2) is 0 Å². The van der Waals surface area contributed by atoms with Crippen LogP contribution in [0.2, 0.25) is 0 Å². The number of rotatable bonds is 2. The molecule has 0 fully saturated rings. The summed E-state index contributed by atoms with van der Waals surface area (Å²) in [5, 5.41) is 1.04. The molecule has 23 heavy (non-hydrogen) atoms. The average molecular weight is 332 g/mol. The van der Waals surface area contributed by atoms with Gasteiger partial charge in [0.1, 0.15) is 0 Å². The maximum atomic E-state index is 11.5. The lowest BCUT2D eigenvalue weighted by molar-refractivity contribution is -0.112. The molecular weight excluding hydrogens is 302 g/mol. The minimum atomic E-state index is 0.0920. The number of fused-ring (bicyclic) bond motifs is 1. The Balaban J connectivity index is 2.67. The number of thioether (sulfide) groups is 1. The quantitative estimate of drug-likeness (QED) is 0.654. The van der Waals surface area contributed by atoms with Crippen LogP contribution >= 0.6 is 11.8 Å². The van der Waals surface area contributed by atoms with Crippen LogP contribution in [0.1, 0.15) is 66.5 Å². The van der Waals surface area contributed by atoms with Crippen LogP contribution in [0.15, 0.2) is 28.1 Å². The summed E-state index contributed by atoms with van der Waals surface area (Å²) in [6, 6.07) is 4.68. The molecular formula is C20H29NOS. The van der Waals surface area contributed by atoms with E-state index in [0.29, 0.717) is 0 Å². The Morgan fingerprint density at radius 2 is 1.61 bits per heavy atom. The summed E-state index contributed by atoms with van der Waals surface area (Å²) in [5.41, 5.74) is 4.23. The Bertz CT molecular complexity index is 659. The first-order valence-corrected chi connectivity index (χ1v) is 9.13. The molecule has 0 saturated carbocycles. The lowest BCUT2D eigenvalue weighted by Crippen LogP contribution is -2.23. The van der Waals surface area contributed by atoms with Crippen LogP contribution in [-0.2, 0) is 15.6 Å². The average Bonchev–Trinajstić information content (AvgIpc) is 2.70. The summed E-state index contributed by atoms with van der Waals surface area (Å²) in [6.07, 6.45) is 1.75. The van der Waals surface area contributed by atoms with Crippen LogP contribution in [0.5, 0.6) is 0 Å². The third kappa shape index (κ3) is 3.65. The van der Waals surface area contributed by atoms with Crippen molar-refractivity contribution in [1.29, 1.82) is 0 Å². The van der Waals surface area contributed by atoms with Gasteiger partial charge in [-0.3, -0.25) is 4.79 Å². The predicted molar refractivity (Wildman–Crippen MR) is 101 cm³/mol. The van der Waals surface area contributed by atoms with Gasteiger partial charge < -0.3 is 4.90 Å². The van der Waals surface area contributed by atoms with Crippen LogP contribution in [0.4, 0.5) is 5.69 Å². The summed E-state index contributed by atoms with van der Waals surface area (Å²) < 4.78 is 0. The second-order valence-electron chi connectivity index (χ2n) is 8.31. The SMILES string of the molecule is CCN1/C(=C/C(C)=O)Sc2cc(C(C)(C)C)c(C(C)(C)C)cc21. The molecule has 1 aliphatic heterocycles. The molecule has 1 heterocycles. The third-order valence-corrected chi connectivity index (χ3v) is 5.22. The molecule has 1 aromatic rings. The number of allylic oxidation sites excluding steroid dienone is 1. The largest absolute Gasteiger partial charge is 0.335 e. The predicted octanol–water partition coefficient (Wildman–Crippen LogP) is 5.64. The minimum Gasteiger partial charge on any atom is -0.335 e. The fraction of sp³-hybridized carbons (Fsp3) is 0.550. The molecule has 126 valence electrons. The zero-order valence-electron chi connectivity index (χ0n) is 15.7. The van der Waals surface area contributed by atoms with E-state index in [2.05, 4.69) is 65.5 Å². The van der Waals surface area contributed by atoms with Gasteiger partial charge in [-0.05, 0) is 47.9 Å². The molecule has 0 atom stereocenters. The van der Waals surface area contributed by atoms with Gasteiger partial charge in [-0.15, -0.1) is 0 Å². The van der Waals surface area contributed by atoms with Crippen molar-refractivity contribution in [3.05, 3.63) is 34.4 Å². The summed E-state index contributed by atoms with van der Waals surface area (Å²) in [7, 11) is 0. The molecule has 0 saturated heterocycles. The van der Waals surface area contributed by atoms with Crippen LogP contribution in [-0.4, -0.2) is 12.3 Å². The van der Waals surface area contributed by atoms with E-state index in [9.17, 15) is 4.79 Å². The lowest BCUT2D eigenvalue weighted by Gasteiger charge is -2.31. The molecule has 0 radical (unpaired) electrons.